The molecule has 110 valence electrons. The average molecular weight is 280 g/mol. The molecule has 6 nitrogen and oxygen atoms in total. The summed E-state index contributed by atoms with van der Waals surface area (Å²) in [6.45, 7) is 2.50. The first kappa shape index (κ1) is 13.6. The van der Waals surface area contributed by atoms with Crippen LogP contribution < -0.4 is 5.43 Å². The quantitative estimate of drug-likeness (QED) is 0.725. The molecule has 4 atom stereocenters. The molecule has 2 bridgehead atoms. The van der Waals surface area contributed by atoms with Gasteiger partial charge >= 0.3 is 5.97 Å². The number of carbonyl (C=O) groups is 2. The maximum atomic E-state index is 12.5. The summed E-state index contributed by atoms with van der Waals surface area (Å²) in [5.41, 5.74) is 2.88. The van der Waals surface area contributed by atoms with Crippen LogP contribution in [0.25, 0.3) is 0 Å². The van der Waals surface area contributed by atoms with Gasteiger partial charge in [-0.25, -0.2) is 5.01 Å². The van der Waals surface area contributed by atoms with Crippen molar-refractivity contribution < 1.29 is 19.4 Å². The molecule has 1 saturated heterocycles. The van der Waals surface area contributed by atoms with Gasteiger partial charge in [-0.05, 0) is 24.7 Å². The highest BCUT2D eigenvalue weighted by molar-refractivity contribution is 5.86. The molecule has 0 aromatic heterocycles. The van der Waals surface area contributed by atoms with Gasteiger partial charge in [0.05, 0.1) is 25.0 Å². The molecule has 3 aliphatic carbocycles. The molecular weight excluding hydrogens is 260 g/mol. The third kappa shape index (κ3) is 2.45. The summed E-state index contributed by atoms with van der Waals surface area (Å²) in [6, 6.07) is 0. The lowest BCUT2D eigenvalue weighted by atomic mass is 9.62. The van der Waals surface area contributed by atoms with E-state index in [0.717, 1.165) is 12.8 Å². The van der Waals surface area contributed by atoms with Crippen LogP contribution in [0.5, 0.6) is 0 Å². The Labute approximate surface area is 117 Å². The van der Waals surface area contributed by atoms with Gasteiger partial charge in [-0.1, -0.05) is 12.2 Å². The highest BCUT2D eigenvalue weighted by atomic mass is 16.5. The maximum absolute atomic E-state index is 12.5. The molecule has 4 aliphatic rings. The second-order valence-corrected chi connectivity index (χ2v) is 5.76. The molecule has 0 aromatic carbocycles. The highest BCUT2D eigenvalue weighted by Gasteiger charge is 2.48. The smallest absolute Gasteiger partial charge is 0.307 e. The van der Waals surface area contributed by atoms with E-state index >= 15 is 0 Å². The lowest BCUT2D eigenvalue weighted by Crippen LogP contribution is -2.55. The number of hydrogen-bond acceptors (Lipinski definition) is 4. The van der Waals surface area contributed by atoms with E-state index in [4.69, 9.17) is 4.74 Å². The van der Waals surface area contributed by atoms with Crippen LogP contribution in [0.4, 0.5) is 0 Å². The van der Waals surface area contributed by atoms with Gasteiger partial charge in [0.2, 0.25) is 5.91 Å². The zero-order chi connectivity index (χ0) is 14.1. The third-order valence-corrected chi connectivity index (χ3v) is 4.62. The number of morpholine rings is 1. The second kappa shape index (κ2) is 5.54. The van der Waals surface area contributed by atoms with Crippen molar-refractivity contribution in [1.82, 2.24) is 10.4 Å². The van der Waals surface area contributed by atoms with E-state index in [0.29, 0.717) is 26.3 Å². The van der Waals surface area contributed by atoms with Crippen molar-refractivity contribution in [2.45, 2.75) is 12.8 Å². The third-order valence-electron chi connectivity index (χ3n) is 4.62. The summed E-state index contributed by atoms with van der Waals surface area (Å²) in [6.07, 6.45) is 5.79. The number of aliphatic carboxylic acids is 1. The first-order valence-electron chi connectivity index (χ1n) is 7.21. The monoisotopic (exact) mass is 280 g/mol. The van der Waals surface area contributed by atoms with Crippen molar-refractivity contribution in [1.29, 1.82) is 0 Å². The lowest BCUT2D eigenvalue weighted by molar-refractivity contribution is -0.155. The van der Waals surface area contributed by atoms with Crippen molar-refractivity contribution in [3.8, 4) is 0 Å². The largest absolute Gasteiger partial charge is 0.481 e. The van der Waals surface area contributed by atoms with Crippen LogP contribution in [0.1, 0.15) is 12.8 Å². The number of hydrazine groups is 1. The first-order valence-corrected chi connectivity index (χ1v) is 7.21. The minimum Gasteiger partial charge on any atom is -0.481 e. The van der Waals surface area contributed by atoms with Gasteiger partial charge in [0.25, 0.3) is 0 Å². The number of allylic oxidation sites excluding steroid dienone is 2. The van der Waals surface area contributed by atoms with Crippen molar-refractivity contribution >= 4 is 11.9 Å². The van der Waals surface area contributed by atoms with Crippen LogP contribution in [0.2, 0.25) is 0 Å². The number of amides is 1. The lowest BCUT2D eigenvalue weighted by Gasteiger charge is -2.42. The highest BCUT2D eigenvalue weighted by Crippen LogP contribution is 2.45. The molecule has 4 rings (SSSR count). The Hall–Kier alpha value is -1.40. The second-order valence-electron chi connectivity index (χ2n) is 5.76. The van der Waals surface area contributed by atoms with Crippen LogP contribution in [0.3, 0.4) is 0 Å². The normalized spacial score (nSPS) is 36.8. The van der Waals surface area contributed by atoms with Gasteiger partial charge < -0.3 is 9.84 Å². The molecule has 1 saturated carbocycles. The summed E-state index contributed by atoms with van der Waals surface area (Å²) in [4.78, 5) is 24.0. The fourth-order valence-electron chi connectivity index (χ4n) is 3.59. The van der Waals surface area contributed by atoms with Gasteiger partial charge in [0, 0.05) is 13.1 Å². The molecule has 0 radical (unpaired) electrons. The van der Waals surface area contributed by atoms with Gasteiger partial charge in [-0.2, -0.15) is 0 Å². The van der Waals surface area contributed by atoms with Crippen LogP contribution in [-0.4, -0.2) is 48.3 Å². The van der Waals surface area contributed by atoms with Crippen molar-refractivity contribution in [3.05, 3.63) is 12.2 Å². The van der Waals surface area contributed by atoms with E-state index in [2.05, 4.69) is 5.43 Å². The number of nitrogens with one attached hydrogen (secondary N) is 1. The summed E-state index contributed by atoms with van der Waals surface area (Å²) < 4.78 is 5.24. The molecule has 1 aliphatic heterocycles. The van der Waals surface area contributed by atoms with Crippen molar-refractivity contribution in [2.24, 2.45) is 23.7 Å². The predicted molar refractivity (Wildman–Crippen MR) is 70.5 cm³/mol. The maximum Gasteiger partial charge on any atom is 0.307 e. The molecule has 0 unspecified atom stereocenters. The van der Waals surface area contributed by atoms with E-state index in [1.807, 2.05) is 17.2 Å². The fourth-order valence-corrected chi connectivity index (χ4v) is 3.59. The summed E-state index contributed by atoms with van der Waals surface area (Å²) in [7, 11) is 0. The Bertz CT molecular complexity index is 431. The van der Waals surface area contributed by atoms with Gasteiger partial charge in [-0.15, -0.1) is 0 Å². The SMILES string of the molecule is O=C(NN1CCOCC1)[C@@H]1[C@H](C(=O)O)[C@@H]2C=C[C@@H]1CC2. The Morgan fingerprint density at radius 2 is 1.70 bits per heavy atom. The van der Waals surface area contributed by atoms with Crippen molar-refractivity contribution in [2.75, 3.05) is 26.3 Å². The van der Waals surface area contributed by atoms with Crippen LogP contribution in [0.15, 0.2) is 12.2 Å². The number of carboxylic acids is 1. The van der Waals surface area contributed by atoms with Crippen LogP contribution in [0, 0.1) is 23.7 Å². The van der Waals surface area contributed by atoms with E-state index in [1.165, 1.54) is 0 Å². The number of nitrogens with zero attached hydrogens (tertiary/aromatic N) is 1. The number of rotatable bonds is 3. The number of ether oxygens (including phenoxy) is 1. The minimum atomic E-state index is -0.855. The van der Waals surface area contributed by atoms with Crippen LogP contribution in [-0.2, 0) is 14.3 Å². The summed E-state index contributed by atoms with van der Waals surface area (Å²) in [5, 5.41) is 11.3. The molecule has 2 fully saturated rings. The molecule has 1 amide bonds. The molecule has 20 heavy (non-hydrogen) atoms. The predicted octanol–water partition coefficient (Wildman–Crippen LogP) is 0.263. The molecule has 0 aromatic rings. The Kier molecular flexibility index (Phi) is 3.76. The van der Waals surface area contributed by atoms with Gasteiger partial charge in [0.15, 0.2) is 0 Å². The number of fused-ring (bicyclic) bond motifs is 2. The number of carbonyl (C=O) groups excluding carboxylic acids is 1. The zero-order valence-electron chi connectivity index (χ0n) is 11.3. The molecule has 2 N–H and O–H groups in total. The van der Waals surface area contributed by atoms with Crippen molar-refractivity contribution in [3.63, 3.8) is 0 Å². The number of carboxylic acid groups (broad SMARTS) is 1. The van der Waals surface area contributed by atoms with E-state index in [-0.39, 0.29) is 17.7 Å². The number of hydrogen-bond donors (Lipinski definition) is 2. The first-order chi connectivity index (χ1) is 9.66. The van der Waals surface area contributed by atoms with Crippen LogP contribution >= 0.6 is 0 Å². The summed E-state index contributed by atoms with van der Waals surface area (Å²) >= 11 is 0. The standard InChI is InChI=1S/C14H20N2O4/c17-13(15-16-5-7-20-8-6-16)11-9-1-3-10(4-2-9)12(11)14(18)19/h1,3,9-12H,2,4-8H2,(H,15,17)(H,18,19)/t9-,10-,11+,12-/m1/s1. The molecule has 1 heterocycles. The van der Waals surface area contributed by atoms with E-state index in [9.17, 15) is 14.7 Å². The topological polar surface area (TPSA) is 78.9 Å². The average Bonchev–Trinajstić information content (AvgIpc) is 2.48. The van der Waals surface area contributed by atoms with E-state index < -0.39 is 17.8 Å². The Morgan fingerprint density at radius 1 is 1.10 bits per heavy atom. The van der Waals surface area contributed by atoms with E-state index in [1.54, 1.807) is 0 Å². The molecule has 0 spiro atoms. The zero-order valence-corrected chi connectivity index (χ0v) is 11.3. The molecule has 6 heteroatoms. The van der Waals surface area contributed by atoms with Gasteiger partial charge in [-0.3, -0.25) is 15.0 Å². The minimum absolute atomic E-state index is 0.00191. The molecular formula is C14H20N2O4. The Morgan fingerprint density at radius 3 is 2.25 bits per heavy atom. The Balaban J connectivity index is 1.71. The fraction of sp³-hybridized carbons (Fsp3) is 0.714. The van der Waals surface area contributed by atoms with Gasteiger partial charge in [0.1, 0.15) is 0 Å². The summed E-state index contributed by atoms with van der Waals surface area (Å²) in [5.74, 6) is -1.98.